The summed E-state index contributed by atoms with van der Waals surface area (Å²) in [7, 11) is 1.67. The van der Waals surface area contributed by atoms with Crippen molar-refractivity contribution >= 4 is 42.5 Å². The maximum atomic E-state index is 14.0. The molecule has 168 valence electrons. The fraction of sp³-hybridized carbons (Fsp3) is 0.200. The number of H-pyrrole nitrogens is 1. The number of benzene rings is 2. The smallest absolute Gasteiger partial charge is 0.263 e. The van der Waals surface area contributed by atoms with E-state index in [0.29, 0.717) is 27.7 Å². The molecule has 4 heterocycles. The molecule has 0 spiro atoms. The first-order valence-electron chi connectivity index (χ1n) is 11.1. The molecule has 0 atom stereocenters. The van der Waals surface area contributed by atoms with Crippen molar-refractivity contribution in [3.63, 3.8) is 0 Å². The van der Waals surface area contributed by atoms with Gasteiger partial charge < -0.3 is 9.15 Å². The zero-order valence-electron chi connectivity index (χ0n) is 18.2. The van der Waals surface area contributed by atoms with Gasteiger partial charge in [0.05, 0.1) is 41.7 Å². The second-order valence-corrected chi connectivity index (χ2v) is 9.58. The average molecular weight is 470 g/mol. The Hall–Kier alpha value is -3.98. The number of hydrogen-bond donors (Lipinski definition) is 1. The number of nitrogens with zero attached hydrogens (tertiary/aromatic N) is 4. The fourth-order valence-corrected chi connectivity index (χ4v) is 5.83. The van der Waals surface area contributed by atoms with Gasteiger partial charge in [-0.1, -0.05) is 12.1 Å². The molecule has 1 fully saturated rings. The Morgan fingerprint density at radius 3 is 2.94 bits per heavy atom. The molecule has 0 unspecified atom stereocenters. The number of ether oxygens (including phenoxy) is 1. The van der Waals surface area contributed by atoms with Crippen LogP contribution in [0.3, 0.4) is 0 Å². The highest BCUT2D eigenvalue weighted by Gasteiger charge is 2.29. The van der Waals surface area contributed by atoms with E-state index in [1.54, 1.807) is 24.1 Å². The van der Waals surface area contributed by atoms with Crippen LogP contribution >= 0.6 is 11.3 Å². The van der Waals surface area contributed by atoms with Crippen molar-refractivity contribution in [3.05, 3.63) is 70.8 Å². The summed E-state index contributed by atoms with van der Waals surface area (Å²) in [5.41, 5.74) is 2.94. The van der Waals surface area contributed by atoms with E-state index in [-0.39, 0.29) is 12.1 Å². The van der Waals surface area contributed by atoms with E-state index in [0.717, 1.165) is 50.7 Å². The molecule has 1 saturated carbocycles. The molecule has 8 nitrogen and oxygen atoms in total. The number of oxazole rings is 1. The lowest BCUT2D eigenvalue weighted by molar-refractivity contribution is 0.414. The minimum absolute atomic E-state index is 0.0981. The molecule has 1 aliphatic carbocycles. The van der Waals surface area contributed by atoms with E-state index >= 15 is 0 Å². The van der Waals surface area contributed by atoms with Gasteiger partial charge in [-0.05, 0) is 42.5 Å². The molecule has 0 aliphatic heterocycles. The van der Waals surface area contributed by atoms with Crippen LogP contribution in [-0.2, 0) is 6.54 Å². The fourth-order valence-electron chi connectivity index (χ4n) is 4.66. The zero-order chi connectivity index (χ0) is 22.8. The van der Waals surface area contributed by atoms with E-state index in [2.05, 4.69) is 21.2 Å². The largest absolute Gasteiger partial charge is 0.497 e. The topological polar surface area (TPSA) is 98.8 Å². The Balaban J connectivity index is 1.56. The molecule has 2 aromatic carbocycles. The van der Waals surface area contributed by atoms with Gasteiger partial charge in [-0.3, -0.25) is 14.5 Å². The first-order valence-corrected chi connectivity index (χ1v) is 11.9. The summed E-state index contributed by atoms with van der Waals surface area (Å²) in [4.78, 5) is 23.9. The molecule has 6 aromatic rings. The number of methoxy groups -OCH3 is 1. The highest BCUT2D eigenvalue weighted by atomic mass is 32.1. The Labute approximate surface area is 196 Å². The van der Waals surface area contributed by atoms with Gasteiger partial charge in [0.2, 0.25) is 0 Å². The molecule has 0 radical (unpaired) electrons. The predicted molar refractivity (Wildman–Crippen MR) is 131 cm³/mol. The number of aromatic nitrogens is 5. The van der Waals surface area contributed by atoms with Crippen LogP contribution in [0, 0.1) is 0 Å². The van der Waals surface area contributed by atoms with Crippen LogP contribution in [0.2, 0.25) is 0 Å². The third kappa shape index (κ3) is 2.90. The normalized spacial score (nSPS) is 13.9. The summed E-state index contributed by atoms with van der Waals surface area (Å²) in [5.74, 6) is 2.48. The summed E-state index contributed by atoms with van der Waals surface area (Å²) in [6, 6.07) is 9.97. The van der Waals surface area contributed by atoms with Gasteiger partial charge in [-0.25, -0.2) is 9.97 Å². The maximum absolute atomic E-state index is 14.0. The zero-order valence-corrected chi connectivity index (χ0v) is 19.1. The van der Waals surface area contributed by atoms with Crippen molar-refractivity contribution in [1.82, 2.24) is 24.7 Å². The predicted octanol–water partition coefficient (Wildman–Crippen LogP) is 5.08. The van der Waals surface area contributed by atoms with Gasteiger partial charge >= 0.3 is 0 Å². The second kappa shape index (κ2) is 7.26. The molecule has 4 aromatic heterocycles. The number of aromatic amines is 1. The molecule has 34 heavy (non-hydrogen) atoms. The van der Waals surface area contributed by atoms with Crippen LogP contribution in [-0.4, -0.2) is 31.8 Å². The Morgan fingerprint density at radius 2 is 2.15 bits per heavy atom. The molecular weight excluding hydrogens is 450 g/mol. The monoisotopic (exact) mass is 469 g/mol. The van der Waals surface area contributed by atoms with E-state index < -0.39 is 0 Å². The SMILES string of the molecule is COc1ccc(-c2nc3sc4c(ccc5cn[nH]c54)c3c(=O)n2Cc2cnco2)c(C2CC2)c1. The molecular formula is C25H19N5O3S. The summed E-state index contributed by atoms with van der Waals surface area (Å²) in [6.45, 7) is 0.247. The first kappa shape index (κ1) is 19.5. The Kier molecular flexibility index (Phi) is 4.16. The summed E-state index contributed by atoms with van der Waals surface area (Å²) in [5, 5.41) is 9.75. The van der Waals surface area contributed by atoms with Crippen molar-refractivity contribution in [3.8, 4) is 17.1 Å². The van der Waals surface area contributed by atoms with Gasteiger partial charge in [-0.15, -0.1) is 11.3 Å². The van der Waals surface area contributed by atoms with Crippen LogP contribution in [0.4, 0.5) is 0 Å². The Bertz CT molecular complexity index is 1760. The third-order valence-electron chi connectivity index (χ3n) is 6.49. The van der Waals surface area contributed by atoms with Crippen molar-refractivity contribution in [2.45, 2.75) is 25.3 Å². The van der Waals surface area contributed by atoms with Gasteiger partial charge in [0.15, 0.2) is 6.39 Å². The quantitative estimate of drug-likeness (QED) is 0.378. The molecule has 1 N–H and O–H groups in total. The average Bonchev–Trinajstić information content (AvgIpc) is 3.22. The van der Waals surface area contributed by atoms with Gasteiger partial charge in [0.1, 0.15) is 22.2 Å². The van der Waals surface area contributed by atoms with E-state index in [1.165, 1.54) is 17.7 Å². The van der Waals surface area contributed by atoms with Gasteiger partial charge in [-0.2, -0.15) is 5.10 Å². The number of thiophene rings is 1. The molecule has 7 rings (SSSR count). The Morgan fingerprint density at radius 1 is 1.24 bits per heavy atom. The minimum atomic E-state index is -0.0981. The van der Waals surface area contributed by atoms with Crippen molar-refractivity contribution in [1.29, 1.82) is 0 Å². The van der Waals surface area contributed by atoms with Crippen LogP contribution in [0.25, 0.3) is 42.6 Å². The standard InChI is InChI=1S/C25H19N5O3S/c1-32-15-5-7-17(19(8-15)13-2-3-13)23-28-24-20(25(31)30(23)11-16-10-26-12-33-16)18-6-4-14-9-27-29-21(14)22(18)34-24/h4-10,12-13H,2-3,11H2,1H3,(H,27,29). The first-order chi connectivity index (χ1) is 16.7. The summed E-state index contributed by atoms with van der Waals surface area (Å²) >= 11 is 1.52. The number of nitrogens with one attached hydrogen (secondary N) is 1. The highest BCUT2D eigenvalue weighted by molar-refractivity contribution is 7.26. The van der Waals surface area contributed by atoms with E-state index in [1.807, 2.05) is 24.3 Å². The van der Waals surface area contributed by atoms with E-state index in [4.69, 9.17) is 14.1 Å². The molecule has 0 bridgehead atoms. The van der Waals surface area contributed by atoms with Crippen LogP contribution in [0.5, 0.6) is 5.75 Å². The van der Waals surface area contributed by atoms with Crippen molar-refractivity contribution < 1.29 is 9.15 Å². The molecule has 1 aliphatic rings. The highest BCUT2D eigenvalue weighted by Crippen LogP contribution is 2.46. The van der Waals surface area contributed by atoms with Gasteiger partial charge in [0.25, 0.3) is 5.56 Å². The number of hydrogen-bond acceptors (Lipinski definition) is 7. The third-order valence-corrected chi connectivity index (χ3v) is 7.61. The van der Waals surface area contributed by atoms with Crippen LogP contribution in [0.15, 0.2) is 58.3 Å². The number of fused-ring (bicyclic) bond motifs is 5. The lowest BCUT2D eigenvalue weighted by Gasteiger charge is -2.15. The van der Waals surface area contributed by atoms with Crippen molar-refractivity contribution in [2.75, 3.05) is 7.11 Å². The molecule has 0 amide bonds. The number of rotatable bonds is 5. The van der Waals surface area contributed by atoms with Crippen molar-refractivity contribution in [2.24, 2.45) is 0 Å². The van der Waals surface area contributed by atoms with Crippen LogP contribution < -0.4 is 10.3 Å². The van der Waals surface area contributed by atoms with E-state index in [9.17, 15) is 4.79 Å². The molecule has 0 saturated heterocycles. The maximum Gasteiger partial charge on any atom is 0.263 e. The van der Waals surface area contributed by atoms with Crippen LogP contribution in [0.1, 0.15) is 30.1 Å². The molecule has 9 heteroatoms. The minimum Gasteiger partial charge on any atom is -0.497 e. The summed E-state index contributed by atoms with van der Waals surface area (Å²) < 4.78 is 13.7. The second-order valence-electron chi connectivity index (χ2n) is 8.58. The summed E-state index contributed by atoms with van der Waals surface area (Å²) in [6.07, 6.45) is 7.05. The lowest BCUT2D eigenvalue weighted by Crippen LogP contribution is -2.24. The lowest BCUT2D eigenvalue weighted by atomic mass is 10.0. The van der Waals surface area contributed by atoms with Gasteiger partial charge in [0, 0.05) is 16.3 Å².